The molecular weight excluding hydrogens is 192 g/mol. The number of likely N-dealkylation sites (N-methyl/N-ethyl adjacent to an activating group) is 2. The van der Waals surface area contributed by atoms with Crippen LogP contribution in [0.1, 0.15) is 13.3 Å². The topological polar surface area (TPSA) is 33.7 Å². The number of methoxy groups -OCH3 is 1. The Hall–Kier alpha value is -0.160. The van der Waals surface area contributed by atoms with Crippen molar-refractivity contribution in [2.24, 2.45) is 0 Å². The van der Waals surface area contributed by atoms with Crippen LogP contribution in [0, 0.1) is 0 Å². The summed E-state index contributed by atoms with van der Waals surface area (Å²) in [6, 6.07) is 0.950. The molecule has 15 heavy (non-hydrogen) atoms. The van der Waals surface area contributed by atoms with Gasteiger partial charge in [-0.05, 0) is 27.4 Å². The van der Waals surface area contributed by atoms with E-state index in [1.807, 2.05) is 7.05 Å². The summed E-state index contributed by atoms with van der Waals surface area (Å²) in [6.07, 6.45) is 1.50. The van der Waals surface area contributed by atoms with E-state index in [1.54, 1.807) is 7.11 Å². The van der Waals surface area contributed by atoms with Gasteiger partial charge in [0, 0.05) is 32.3 Å². The van der Waals surface area contributed by atoms with Crippen molar-refractivity contribution in [2.75, 3.05) is 41.0 Å². The van der Waals surface area contributed by atoms with E-state index in [1.165, 1.54) is 0 Å². The normalized spacial score (nSPS) is 28.6. The summed E-state index contributed by atoms with van der Waals surface area (Å²) < 4.78 is 10.7. The fourth-order valence-electron chi connectivity index (χ4n) is 2.21. The van der Waals surface area contributed by atoms with E-state index in [-0.39, 0.29) is 0 Å². The highest BCUT2D eigenvalue weighted by Gasteiger charge is 2.28. The molecule has 1 N–H and O–H groups in total. The summed E-state index contributed by atoms with van der Waals surface area (Å²) in [5.74, 6) is 0. The number of rotatable bonds is 6. The van der Waals surface area contributed by atoms with Crippen molar-refractivity contribution in [2.45, 2.75) is 31.5 Å². The van der Waals surface area contributed by atoms with Crippen LogP contribution < -0.4 is 5.32 Å². The zero-order chi connectivity index (χ0) is 11.3. The Bertz CT molecular complexity index is 178. The lowest BCUT2D eigenvalue weighted by molar-refractivity contribution is 0.0735. The second-order valence-electron chi connectivity index (χ2n) is 4.31. The molecule has 3 atom stereocenters. The van der Waals surface area contributed by atoms with Gasteiger partial charge in [-0.1, -0.05) is 0 Å². The third-order valence-corrected chi connectivity index (χ3v) is 3.19. The number of hydrogen-bond donors (Lipinski definition) is 1. The second-order valence-corrected chi connectivity index (χ2v) is 4.31. The van der Waals surface area contributed by atoms with E-state index in [0.717, 1.165) is 26.2 Å². The zero-order valence-corrected chi connectivity index (χ0v) is 10.3. The lowest BCUT2D eigenvalue weighted by Gasteiger charge is -2.30. The van der Waals surface area contributed by atoms with E-state index in [2.05, 4.69) is 24.2 Å². The van der Waals surface area contributed by atoms with Crippen molar-refractivity contribution >= 4 is 0 Å². The van der Waals surface area contributed by atoms with Crippen molar-refractivity contribution in [3.8, 4) is 0 Å². The molecule has 3 unspecified atom stereocenters. The Morgan fingerprint density at radius 1 is 1.60 bits per heavy atom. The van der Waals surface area contributed by atoms with Gasteiger partial charge in [0.05, 0.1) is 12.7 Å². The van der Waals surface area contributed by atoms with Crippen LogP contribution in [-0.4, -0.2) is 64.1 Å². The fourth-order valence-corrected chi connectivity index (χ4v) is 2.21. The first-order valence-electron chi connectivity index (χ1n) is 5.67. The van der Waals surface area contributed by atoms with Crippen LogP contribution in [0.3, 0.4) is 0 Å². The summed E-state index contributed by atoms with van der Waals surface area (Å²) in [5, 5.41) is 3.26. The Kier molecular flexibility index (Phi) is 5.53. The average Bonchev–Trinajstić information content (AvgIpc) is 2.63. The standard InChI is InChI=1S/C11H24N2O2/c1-9-11(5-6-15-9)13(3)7-10(12-2)8-14-4/h9-12H,5-8H2,1-4H3. The lowest BCUT2D eigenvalue weighted by atomic mass is 10.1. The first kappa shape index (κ1) is 12.9. The number of ether oxygens (including phenoxy) is 2. The van der Waals surface area contributed by atoms with Crippen LogP contribution in [0.2, 0.25) is 0 Å². The molecule has 1 fully saturated rings. The van der Waals surface area contributed by atoms with Gasteiger partial charge < -0.3 is 14.8 Å². The summed E-state index contributed by atoms with van der Waals surface area (Å²) in [5.41, 5.74) is 0. The van der Waals surface area contributed by atoms with Gasteiger partial charge in [-0.2, -0.15) is 0 Å². The quantitative estimate of drug-likeness (QED) is 0.694. The van der Waals surface area contributed by atoms with Crippen molar-refractivity contribution in [1.29, 1.82) is 0 Å². The van der Waals surface area contributed by atoms with Crippen LogP contribution in [0.5, 0.6) is 0 Å². The second kappa shape index (κ2) is 6.43. The average molecular weight is 216 g/mol. The minimum atomic E-state index is 0.357. The molecule has 0 aliphatic carbocycles. The van der Waals surface area contributed by atoms with Gasteiger partial charge in [0.1, 0.15) is 0 Å². The molecule has 1 rings (SSSR count). The van der Waals surface area contributed by atoms with Crippen LogP contribution in [-0.2, 0) is 9.47 Å². The SMILES string of the molecule is CNC(COC)CN(C)C1CCOC1C. The van der Waals surface area contributed by atoms with Crippen molar-refractivity contribution in [1.82, 2.24) is 10.2 Å². The molecule has 1 aliphatic rings. The highest BCUT2D eigenvalue weighted by Crippen LogP contribution is 2.18. The molecule has 0 bridgehead atoms. The number of hydrogen-bond acceptors (Lipinski definition) is 4. The molecular formula is C11H24N2O2. The summed E-state index contributed by atoms with van der Waals surface area (Å²) in [6.45, 7) is 4.80. The molecule has 90 valence electrons. The highest BCUT2D eigenvalue weighted by atomic mass is 16.5. The summed E-state index contributed by atoms with van der Waals surface area (Å²) in [7, 11) is 5.88. The van der Waals surface area contributed by atoms with Gasteiger partial charge in [0.2, 0.25) is 0 Å². The van der Waals surface area contributed by atoms with Gasteiger partial charge >= 0.3 is 0 Å². The molecule has 1 aliphatic heterocycles. The Morgan fingerprint density at radius 3 is 2.80 bits per heavy atom. The highest BCUT2D eigenvalue weighted by molar-refractivity contribution is 4.82. The third-order valence-electron chi connectivity index (χ3n) is 3.19. The van der Waals surface area contributed by atoms with Gasteiger partial charge in [0.15, 0.2) is 0 Å². The first-order chi connectivity index (χ1) is 7.19. The Labute approximate surface area is 92.9 Å². The molecule has 0 aromatic heterocycles. The predicted molar refractivity (Wildman–Crippen MR) is 61.2 cm³/mol. The van der Waals surface area contributed by atoms with E-state index >= 15 is 0 Å². The third kappa shape index (κ3) is 3.72. The molecule has 1 heterocycles. The van der Waals surface area contributed by atoms with Crippen LogP contribution >= 0.6 is 0 Å². The molecule has 4 nitrogen and oxygen atoms in total. The van der Waals surface area contributed by atoms with Crippen LogP contribution in [0.4, 0.5) is 0 Å². The largest absolute Gasteiger partial charge is 0.383 e. The minimum absolute atomic E-state index is 0.357. The molecule has 4 heteroatoms. The zero-order valence-electron chi connectivity index (χ0n) is 10.3. The van der Waals surface area contributed by atoms with Crippen LogP contribution in [0.25, 0.3) is 0 Å². The number of nitrogens with zero attached hydrogens (tertiary/aromatic N) is 1. The first-order valence-corrected chi connectivity index (χ1v) is 5.67. The summed E-state index contributed by atoms with van der Waals surface area (Å²) in [4.78, 5) is 2.37. The Balaban J connectivity index is 2.35. The van der Waals surface area contributed by atoms with E-state index in [4.69, 9.17) is 9.47 Å². The maximum absolute atomic E-state index is 5.57. The van der Waals surface area contributed by atoms with Crippen molar-refractivity contribution in [3.63, 3.8) is 0 Å². The lowest BCUT2D eigenvalue weighted by Crippen LogP contribution is -2.46. The molecule has 0 spiro atoms. The van der Waals surface area contributed by atoms with Crippen LogP contribution in [0.15, 0.2) is 0 Å². The Morgan fingerprint density at radius 2 is 2.33 bits per heavy atom. The van der Waals surface area contributed by atoms with Crippen molar-refractivity contribution < 1.29 is 9.47 Å². The molecule has 0 aromatic carbocycles. The maximum Gasteiger partial charge on any atom is 0.0702 e. The van der Waals surface area contributed by atoms with E-state index in [0.29, 0.717) is 18.2 Å². The van der Waals surface area contributed by atoms with E-state index in [9.17, 15) is 0 Å². The van der Waals surface area contributed by atoms with Gasteiger partial charge in [0.25, 0.3) is 0 Å². The van der Waals surface area contributed by atoms with Crippen molar-refractivity contribution in [3.05, 3.63) is 0 Å². The molecule has 0 saturated carbocycles. The molecule has 0 aromatic rings. The summed E-state index contributed by atoms with van der Waals surface area (Å²) >= 11 is 0. The minimum Gasteiger partial charge on any atom is -0.383 e. The molecule has 1 saturated heterocycles. The van der Waals surface area contributed by atoms with E-state index < -0.39 is 0 Å². The van der Waals surface area contributed by atoms with Gasteiger partial charge in [-0.25, -0.2) is 0 Å². The fraction of sp³-hybridized carbons (Fsp3) is 1.00. The predicted octanol–water partition coefficient (Wildman–Crippen LogP) is 0.330. The smallest absolute Gasteiger partial charge is 0.0702 e. The maximum atomic E-state index is 5.57. The number of nitrogens with one attached hydrogen (secondary N) is 1. The molecule has 0 amide bonds. The monoisotopic (exact) mass is 216 g/mol. The van der Waals surface area contributed by atoms with Gasteiger partial charge in [-0.15, -0.1) is 0 Å². The van der Waals surface area contributed by atoms with Gasteiger partial charge in [-0.3, -0.25) is 4.90 Å². The molecule has 0 radical (unpaired) electrons.